The Morgan fingerprint density at radius 1 is 1.21 bits per heavy atom. The van der Waals surface area contributed by atoms with E-state index in [9.17, 15) is 10.1 Å². The van der Waals surface area contributed by atoms with Gasteiger partial charge in [-0.1, -0.05) is 12.2 Å². The second kappa shape index (κ2) is 3.15. The number of nitrogens with zero attached hydrogens (tertiary/aromatic N) is 3. The third-order valence-corrected chi connectivity index (χ3v) is 6.38. The number of hydrogen-bond donors (Lipinski definition) is 0. The summed E-state index contributed by atoms with van der Waals surface area (Å²) < 4.78 is 0. The molecule has 0 unspecified atom stereocenters. The number of azo groups is 1. The molecule has 4 bridgehead atoms. The predicted octanol–water partition coefficient (Wildman–Crippen LogP) is 1.99. The number of hydrogen-bond acceptors (Lipinski definition) is 4. The Bertz CT molecular complexity index is 574. The van der Waals surface area contributed by atoms with Crippen LogP contribution < -0.4 is 0 Å². The third kappa shape index (κ3) is 0.980. The van der Waals surface area contributed by atoms with E-state index in [2.05, 4.69) is 28.4 Å². The molecule has 6 aliphatic rings. The van der Waals surface area contributed by atoms with Crippen LogP contribution in [0.25, 0.3) is 0 Å². The first-order valence-electron chi connectivity index (χ1n) is 7.31. The van der Waals surface area contributed by atoms with Crippen LogP contribution in [-0.2, 0) is 4.79 Å². The lowest BCUT2D eigenvalue weighted by Gasteiger charge is -2.51. The highest BCUT2D eigenvalue weighted by atomic mass is 16.1. The number of ketones is 1. The van der Waals surface area contributed by atoms with Crippen molar-refractivity contribution in [3.63, 3.8) is 0 Å². The average Bonchev–Trinajstić information content (AvgIpc) is 3.12. The Kier molecular flexibility index (Phi) is 1.71. The smallest absolute Gasteiger partial charge is 0.153 e. The minimum Gasteiger partial charge on any atom is -0.298 e. The van der Waals surface area contributed by atoms with Gasteiger partial charge in [-0.15, -0.1) is 0 Å². The molecule has 4 heteroatoms. The molecule has 0 amide bonds. The lowest BCUT2D eigenvalue weighted by molar-refractivity contribution is -0.130. The van der Waals surface area contributed by atoms with Crippen molar-refractivity contribution >= 4 is 5.78 Å². The maximum absolute atomic E-state index is 12.3. The summed E-state index contributed by atoms with van der Waals surface area (Å²) in [4.78, 5) is 12.3. The highest BCUT2D eigenvalue weighted by Gasteiger charge is 2.68. The maximum Gasteiger partial charge on any atom is 0.153 e. The Balaban J connectivity index is 1.63. The van der Waals surface area contributed by atoms with Crippen LogP contribution in [0.4, 0.5) is 0 Å². The number of allylic oxidation sites excluding steroid dienone is 1. The van der Waals surface area contributed by atoms with Gasteiger partial charge >= 0.3 is 0 Å². The van der Waals surface area contributed by atoms with E-state index < -0.39 is 0 Å². The van der Waals surface area contributed by atoms with Crippen LogP contribution in [0.2, 0.25) is 0 Å². The summed E-state index contributed by atoms with van der Waals surface area (Å²) in [6.45, 7) is 0. The lowest BCUT2D eigenvalue weighted by atomic mass is 9.56. The molecule has 19 heavy (non-hydrogen) atoms. The van der Waals surface area contributed by atoms with Crippen molar-refractivity contribution < 1.29 is 4.79 Å². The van der Waals surface area contributed by atoms with Crippen molar-refractivity contribution in [1.29, 1.82) is 5.26 Å². The van der Waals surface area contributed by atoms with Crippen LogP contribution >= 0.6 is 0 Å². The zero-order chi connectivity index (χ0) is 12.7. The second-order valence-corrected chi connectivity index (χ2v) is 6.79. The van der Waals surface area contributed by atoms with Crippen LogP contribution in [-0.4, -0.2) is 17.9 Å². The molecule has 4 nitrogen and oxygen atoms in total. The molecule has 0 saturated heterocycles. The molecule has 0 spiro atoms. The van der Waals surface area contributed by atoms with Crippen LogP contribution in [0.1, 0.15) is 12.8 Å². The van der Waals surface area contributed by atoms with Crippen LogP contribution in [0.3, 0.4) is 0 Å². The molecule has 9 atom stereocenters. The van der Waals surface area contributed by atoms with Crippen LogP contribution in [0.5, 0.6) is 0 Å². The molecule has 0 aromatic rings. The van der Waals surface area contributed by atoms with Crippen molar-refractivity contribution in [2.24, 2.45) is 51.7 Å². The summed E-state index contributed by atoms with van der Waals surface area (Å²) in [5.74, 6) is 2.16. The molecule has 0 aromatic carbocycles. The Morgan fingerprint density at radius 2 is 2.05 bits per heavy atom. The lowest BCUT2D eigenvalue weighted by Crippen LogP contribution is -2.56. The summed E-state index contributed by atoms with van der Waals surface area (Å²) in [6, 6.07) is 2.75. The number of rotatable bonds is 0. The maximum atomic E-state index is 12.3. The summed E-state index contributed by atoms with van der Waals surface area (Å²) >= 11 is 0. The fourth-order valence-corrected chi connectivity index (χ4v) is 5.81. The van der Waals surface area contributed by atoms with Crippen molar-refractivity contribution in [2.45, 2.75) is 24.9 Å². The van der Waals surface area contributed by atoms with Gasteiger partial charge in [0, 0.05) is 11.8 Å². The zero-order valence-electron chi connectivity index (χ0n) is 10.5. The van der Waals surface area contributed by atoms with Gasteiger partial charge in [-0.05, 0) is 36.5 Å². The van der Waals surface area contributed by atoms with Gasteiger partial charge < -0.3 is 0 Å². The third-order valence-electron chi connectivity index (χ3n) is 6.38. The van der Waals surface area contributed by atoms with Crippen LogP contribution in [0, 0.1) is 52.8 Å². The van der Waals surface area contributed by atoms with Crippen molar-refractivity contribution in [3.05, 3.63) is 12.2 Å². The number of fused-ring (bicyclic) bond motifs is 2. The van der Waals surface area contributed by atoms with Crippen molar-refractivity contribution in [3.8, 4) is 6.07 Å². The summed E-state index contributed by atoms with van der Waals surface area (Å²) in [5.41, 5.74) is 0. The molecule has 2 aliphatic heterocycles. The van der Waals surface area contributed by atoms with Gasteiger partial charge in [-0.3, -0.25) is 4.79 Å². The molecule has 0 aromatic heterocycles. The second-order valence-electron chi connectivity index (χ2n) is 6.79. The molecular formula is C15H15N3O. The predicted molar refractivity (Wildman–Crippen MR) is 65.9 cm³/mol. The van der Waals surface area contributed by atoms with E-state index in [-0.39, 0.29) is 35.6 Å². The molecule has 4 aliphatic carbocycles. The molecule has 96 valence electrons. The highest BCUT2D eigenvalue weighted by molar-refractivity contribution is 5.89. The molecule has 3 fully saturated rings. The quantitative estimate of drug-likeness (QED) is 0.619. The molecule has 6 rings (SSSR count). The first-order valence-corrected chi connectivity index (χ1v) is 7.31. The topological polar surface area (TPSA) is 65.6 Å². The monoisotopic (exact) mass is 253 g/mol. The van der Waals surface area contributed by atoms with E-state index in [1.165, 1.54) is 0 Å². The Hall–Kier alpha value is -1.50. The van der Waals surface area contributed by atoms with Gasteiger partial charge in [-0.2, -0.15) is 15.5 Å². The van der Waals surface area contributed by atoms with Gasteiger partial charge in [0.2, 0.25) is 0 Å². The molecular weight excluding hydrogens is 238 g/mol. The van der Waals surface area contributed by atoms with E-state index in [4.69, 9.17) is 0 Å². The van der Waals surface area contributed by atoms with Crippen LogP contribution in [0.15, 0.2) is 22.4 Å². The SMILES string of the molecule is N#C[C@@H]1C(=O)[C@@H]2C[C@H]1[C@@H]1[C@@H]3N=N[C@@H]([C@H]4C=CC[C@H]43)[C@@H]12. The molecule has 0 N–H and O–H groups in total. The van der Waals surface area contributed by atoms with E-state index in [1.807, 2.05) is 0 Å². The van der Waals surface area contributed by atoms with Crippen molar-refractivity contribution in [2.75, 3.05) is 0 Å². The summed E-state index contributed by atoms with van der Waals surface area (Å²) in [6.07, 6.45) is 6.59. The summed E-state index contributed by atoms with van der Waals surface area (Å²) in [5, 5.41) is 18.4. The number of Topliss-reactive ketones (excluding diaryl/α,β-unsaturated/α-hetero) is 1. The zero-order valence-corrected chi connectivity index (χ0v) is 10.5. The van der Waals surface area contributed by atoms with Gasteiger partial charge in [0.05, 0.1) is 18.2 Å². The van der Waals surface area contributed by atoms with E-state index in [1.54, 1.807) is 0 Å². The first-order chi connectivity index (χ1) is 9.31. The molecule has 2 heterocycles. The van der Waals surface area contributed by atoms with Gasteiger partial charge in [-0.25, -0.2) is 0 Å². The Morgan fingerprint density at radius 3 is 2.89 bits per heavy atom. The number of carbonyl (C=O) groups excluding carboxylic acids is 1. The van der Waals surface area contributed by atoms with E-state index >= 15 is 0 Å². The Labute approximate surface area is 111 Å². The average molecular weight is 253 g/mol. The fourth-order valence-electron chi connectivity index (χ4n) is 5.81. The number of nitriles is 1. The van der Waals surface area contributed by atoms with Gasteiger partial charge in [0.1, 0.15) is 5.92 Å². The minimum atomic E-state index is -0.353. The fraction of sp³-hybridized carbons (Fsp3) is 0.733. The molecule has 0 radical (unpaired) electrons. The summed E-state index contributed by atoms with van der Waals surface area (Å²) in [7, 11) is 0. The first kappa shape index (κ1) is 10.3. The molecule has 3 saturated carbocycles. The van der Waals surface area contributed by atoms with Crippen molar-refractivity contribution in [1.82, 2.24) is 0 Å². The van der Waals surface area contributed by atoms with Gasteiger partial charge in [0.15, 0.2) is 5.78 Å². The number of carbonyl (C=O) groups is 1. The van der Waals surface area contributed by atoms with E-state index in [0.29, 0.717) is 23.7 Å². The normalized spacial score (nSPS) is 59.3. The minimum absolute atomic E-state index is 0.0985. The van der Waals surface area contributed by atoms with E-state index in [0.717, 1.165) is 12.8 Å². The highest BCUT2D eigenvalue weighted by Crippen LogP contribution is 2.64. The largest absolute Gasteiger partial charge is 0.298 e. The van der Waals surface area contributed by atoms with Gasteiger partial charge in [0.25, 0.3) is 0 Å². The standard InChI is InChI=1S/C15H15N3O/c16-5-10-8-4-9(15(10)19)12-11(8)13-6-2-1-3-7(6)14(12)18-17-13/h1,3,6-14H,2,4H2/t6-,7+,8-,9-,10+,11+,12-,13-,14+/m1/s1.